The fourth-order valence-electron chi connectivity index (χ4n) is 4.68. The predicted molar refractivity (Wildman–Crippen MR) is 148 cm³/mol. The number of aryl methyl sites for hydroxylation is 1. The van der Waals surface area contributed by atoms with Crippen molar-refractivity contribution >= 4 is 35.4 Å². The van der Waals surface area contributed by atoms with Crippen LogP contribution in [0.2, 0.25) is 0 Å². The third-order valence-electron chi connectivity index (χ3n) is 6.80. The van der Waals surface area contributed by atoms with Crippen LogP contribution in [0.3, 0.4) is 0 Å². The zero-order chi connectivity index (χ0) is 28.4. The van der Waals surface area contributed by atoms with E-state index in [0.717, 1.165) is 58.6 Å². The summed E-state index contributed by atoms with van der Waals surface area (Å²) in [6.45, 7) is 2.47. The van der Waals surface area contributed by atoms with Gasteiger partial charge in [-0.25, -0.2) is 19.6 Å². The van der Waals surface area contributed by atoms with Crippen molar-refractivity contribution in [1.82, 2.24) is 40.5 Å². The number of fused-ring (bicyclic) bond motifs is 2. The van der Waals surface area contributed by atoms with E-state index >= 15 is 0 Å². The molecule has 5 aromatic rings. The van der Waals surface area contributed by atoms with Gasteiger partial charge in [-0.2, -0.15) is 5.21 Å². The first kappa shape index (κ1) is 29.0. The topological polar surface area (TPSA) is 208 Å². The van der Waals surface area contributed by atoms with Crippen LogP contribution in [-0.4, -0.2) is 52.1 Å². The number of hydrogen-bond donors (Lipinski definition) is 4. The van der Waals surface area contributed by atoms with Crippen molar-refractivity contribution in [3.63, 3.8) is 0 Å². The van der Waals surface area contributed by atoms with Crippen LogP contribution in [0.4, 0.5) is 0 Å². The Labute approximate surface area is 238 Å². The third-order valence-corrected chi connectivity index (χ3v) is 6.80. The maximum atomic E-state index is 12.5. The number of benzene rings is 2. The zero-order valence-corrected chi connectivity index (χ0v) is 22.8. The van der Waals surface area contributed by atoms with Crippen molar-refractivity contribution in [2.24, 2.45) is 12.8 Å². The van der Waals surface area contributed by atoms with Crippen LogP contribution in [0, 0.1) is 6.92 Å². The Morgan fingerprint density at radius 2 is 1.98 bits per heavy atom. The lowest BCUT2D eigenvalue weighted by molar-refractivity contribution is 0.0690. The molecule has 0 saturated carbocycles. The highest BCUT2D eigenvalue weighted by molar-refractivity contribution is 5.95. The number of aromatic nitrogens is 7. The summed E-state index contributed by atoms with van der Waals surface area (Å²) in [6, 6.07) is 10.3. The lowest BCUT2D eigenvalue weighted by Crippen LogP contribution is -2.28. The quantitative estimate of drug-likeness (QED) is 0.237. The Hall–Kier alpha value is -4.95. The molecule has 212 valence electrons. The second-order valence-corrected chi connectivity index (χ2v) is 9.13. The summed E-state index contributed by atoms with van der Waals surface area (Å²) in [5, 5.41) is 26.0. The molecule has 3 heterocycles. The summed E-state index contributed by atoms with van der Waals surface area (Å²) in [5.41, 5.74) is 11.8. The standard InChI is InChI=1S/C17H15N7O3.C9H10N2O2.ClH/c1-8-9-4-5-12(11(9)3-2-10(8)15-21-23-24-22-15)20-16(25)13-6-14(17(26)27)19-7-18-13;1-11-7-4-6(5-10)2-3-8(7)13-9(11)12;/h2-3,6-7,12H,4-5H2,1H3,(H,20,25)(H,26,27)(H,21,22,23,24);2-4H,5,10H2,1H3;1H/t12-;;/m0../s1. The second kappa shape index (κ2) is 12.1. The summed E-state index contributed by atoms with van der Waals surface area (Å²) in [5.74, 6) is -1.45. The van der Waals surface area contributed by atoms with E-state index in [9.17, 15) is 14.4 Å². The van der Waals surface area contributed by atoms with Crippen molar-refractivity contribution < 1.29 is 19.1 Å². The van der Waals surface area contributed by atoms with Crippen LogP contribution in [0.5, 0.6) is 0 Å². The number of hydrogen-bond acceptors (Lipinski definition) is 10. The van der Waals surface area contributed by atoms with Crippen molar-refractivity contribution in [2.45, 2.75) is 32.4 Å². The molecule has 2 aromatic carbocycles. The van der Waals surface area contributed by atoms with Crippen molar-refractivity contribution in [3.05, 3.63) is 86.9 Å². The Balaban J connectivity index is 0.000000233. The lowest BCUT2D eigenvalue weighted by Gasteiger charge is -2.15. The number of halogens is 1. The molecule has 1 aliphatic rings. The molecule has 0 radical (unpaired) electrons. The molecule has 1 amide bonds. The number of carbonyl (C=O) groups excluding carboxylic acids is 1. The van der Waals surface area contributed by atoms with Crippen molar-refractivity contribution in [1.29, 1.82) is 0 Å². The summed E-state index contributed by atoms with van der Waals surface area (Å²) >= 11 is 0. The van der Waals surface area contributed by atoms with Gasteiger partial charge >= 0.3 is 11.7 Å². The monoisotopic (exact) mass is 579 g/mol. The van der Waals surface area contributed by atoms with Crippen LogP contribution < -0.4 is 16.8 Å². The maximum Gasteiger partial charge on any atom is 0.419 e. The number of carbonyl (C=O) groups is 2. The minimum Gasteiger partial charge on any atom is -0.477 e. The first-order chi connectivity index (χ1) is 19.3. The average Bonchev–Trinajstić information content (AvgIpc) is 3.70. The molecular weight excluding hydrogens is 554 g/mol. The van der Waals surface area contributed by atoms with E-state index in [1.807, 2.05) is 31.2 Å². The number of rotatable bonds is 5. The molecule has 0 fully saturated rings. The van der Waals surface area contributed by atoms with E-state index in [4.69, 9.17) is 15.3 Å². The highest BCUT2D eigenvalue weighted by Crippen LogP contribution is 2.36. The minimum atomic E-state index is -1.21. The number of nitrogens with one attached hydrogen (secondary N) is 2. The molecule has 1 aliphatic carbocycles. The number of nitrogens with two attached hydrogens (primary N) is 1. The van der Waals surface area contributed by atoms with E-state index in [0.29, 0.717) is 18.0 Å². The highest BCUT2D eigenvalue weighted by atomic mass is 35.5. The van der Waals surface area contributed by atoms with Crippen molar-refractivity contribution in [3.8, 4) is 11.4 Å². The fraction of sp³-hybridized carbons (Fsp3) is 0.231. The first-order valence-electron chi connectivity index (χ1n) is 12.3. The van der Waals surface area contributed by atoms with Crippen LogP contribution in [0.25, 0.3) is 22.5 Å². The summed E-state index contributed by atoms with van der Waals surface area (Å²) in [6.07, 6.45) is 2.62. The number of nitrogens with zero attached hydrogens (tertiary/aromatic N) is 6. The minimum absolute atomic E-state index is 0. The van der Waals surface area contributed by atoms with E-state index in [-0.39, 0.29) is 35.6 Å². The molecule has 15 heteroatoms. The van der Waals surface area contributed by atoms with Gasteiger partial charge in [0.2, 0.25) is 5.82 Å². The fourth-order valence-corrected chi connectivity index (χ4v) is 4.68. The molecule has 41 heavy (non-hydrogen) atoms. The SMILES string of the molecule is Cc1c(-c2nn[nH]n2)ccc2c1CC[C@@H]2NC(=O)c1cc(C(=O)O)ncn1.Cl.Cn1c(=O)oc2ccc(CN)cc21. The van der Waals surface area contributed by atoms with Crippen LogP contribution in [0.1, 0.15) is 55.7 Å². The number of carboxylic acids is 1. The Bertz CT molecular complexity index is 1780. The van der Waals surface area contributed by atoms with Crippen LogP contribution in [0.15, 0.2) is 51.9 Å². The molecule has 0 unspecified atom stereocenters. The van der Waals surface area contributed by atoms with Gasteiger partial charge in [0.15, 0.2) is 11.3 Å². The molecular formula is C26H26ClN9O5. The van der Waals surface area contributed by atoms with Gasteiger partial charge in [-0.15, -0.1) is 22.6 Å². The number of oxazole rings is 1. The van der Waals surface area contributed by atoms with Gasteiger partial charge in [0.1, 0.15) is 12.0 Å². The molecule has 0 spiro atoms. The lowest BCUT2D eigenvalue weighted by atomic mass is 9.97. The highest BCUT2D eigenvalue weighted by Gasteiger charge is 2.28. The van der Waals surface area contributed by atoms with Gasteiger partial charge < -0.3 is 20.6 Å². The third kappa shape index (κ3) is 5.83. The largest absolute Gasteiger partial charge is 0.477 e. The van der Waals surface area contributed by atoms with E-state index in [1.165, 1.54) is 4.57 Å². The van der Waals surface area contributed by atoms with Gasteiger partial charge in [0, 0.05) is 25.2 Å². The molecule has 0 aliphatic heterocycles. The van der Waals surface area contributed by atoms with E-state index in [1.54, 1.807) is 13.1 Å². The first-order valence-corrected chi connectivity index (χ1v) is 12.3. The Morgan fingerprint density at radius 1 is 1.20 bits per heavy atom. The molecule has 1 atom stereocenters. The van der Waals surface area contributed by atoms with Crippen molar-refractivity contribution in [2.75, 3.05) is 0 Å². The molecule has 0 bridgehead atoms. The van der Waals surface area contributed by atoms with Crippen LogP contribution >= 0.6 is 12.4 Å². The number of tetrazole rings is 1. The molecule has 3 aromatic heterocycles. The zero-order valence-electron chi connectivity index (χ0n) is 22.0. The normalized spacial score (nSPS) is 13.6. The van der Waals surface area contributed by atoms with Gasteiger partial charge in [0.05, 0.1) is 11.6 Å². The number of aromatic carboxylic acids is 1. The predicted octanol–water partition coefficient (Wildman–Crippen LogP) is 2.09. The maximum absolute atomic E-state index is 12.5. The smallest absolute Gasteiger partial charge is 0.419 e. The molecule has 5 N–H and O–H groups in total. The Kier molecular flexibility index (Phi) is 8.54. The van der Waals surface area contributed by atoms with Gasteiger partial charge in [-0.3, -0.25) is 9.36 Å². The number of H-pyrrole nitrogens is 1. The molecule has 6 rings (SSSR count). The summed E-state index contributed by atoms with van der Waals surface area (Å²) in [4.78, 5) is 42.1. The van der Waals surface area contributed by atoms with E-state index < -0.39 is 11.9 Å². The number of carboxylic acid groups (broad SMARTS) is 1. The molecule has 14 nitrogen and oxygen atoms in total. The average molecular weight is 580 g/mol. The number of aromatic amines is 1. The van der Waals surface area contributed by atoms with Crippen LogP contribution in [-0.2, 0) is 20.0 Å². The molecule has 0 saturated heterocycles. The van der Waals surface area contributed by atoms with Gasteiger partial charge in [0.25, 0.3) is 5.91 Å². The summed E-state index contributed by atoms with van der Waals surface area (Å²) < 4.78 is 6.43. The Morgan fingerprint density at radius 3 is 2.68 bits per heavy atom. The van der Waals surface area contributed by atoms with E-state index in [2.05, 4.69) is 35.9 Å². The second-order valence-electron chi connectivity index (χ2n) is 9.13. The van der Waals surface area contributed by atoms with Gasteiger partial charge in [-0.1, -0.05) is 18.2 Å². The number of amides is 1. The summed E-state index contributed by atoms with van der Waals surface area (Å²) in [7, 11) is 1.68. The van der Waals surface area contributed by atoms with Gasteiger partial charge in [-0.05, 0) is 59.4 Å².